The molecule has 0 bridgehead atoms. The normalized spacial score (nSPS) is 11.7. The molecular formula is C13H24IN. The molecule has 0 fully saturated rings. The highest BCUT2D eigenvalue weighted by Gasteiger charge is 2.25. The number of rotatable bonds is 9. The summed E-state index contributed by atoms with van der Waals surface area (Å²) < 4.78 is 1.19. The Labute approximate surface area is 109 Å². The minimum absolute atomic E-state index is 0.403. The molecule has 1 nitrogen and oxygen atoms in total. The SMILES string of the molecule is C=CCC(CI)(CC=C)CCCN(C)C. The second-order valence-electron chi connectivity index (χ2n) is 4.53. The van der Waals surface area contributed by atoms with E-state index in [0.29, 0.717) is 5.41 Å². The monoisotopic (exact) mass is 321 g/mol. The van der Waals surface area contributed by atoms with E-state index < -0.39 is 0 Å². The average molecular weight is 321 g/mol. The first kappa shape index (κ1) is 15.2. The molecule has 0 rings (SSSR count). The molecule has 0 aliphatic rings. The van der Waals surface area contributed by atoms with Gasteiger partial charge in [-0.1, -0.05) is 34.7 Å². The van der Waals surface area contributed by atoms with Gasteiger partial charge in [0.15, 0.2) is 0 Å². The van der Waals surface area contributed by atoms with Crippen molar-refractivity contribution < 1.29 is 0 Å². The van der Waals surface area contributed by atoms with Crippen LogP contribution in [0.4, 0.5) is 0 Å². The maximum absolute atomic E-state index is 3.87. The molecule has 0 radical (unpaired) electrons. The molecule has 0 aromatic heterocycles. The van der Waals surface area contributed by atoms with Crippen molar-refractivity contribution in [3.63, 3.8) is 0 Å². The summed E-state index contributed by atoms with van der Waals surface area (Å²) in [6.07, 6.45) is 8.85. The van der Waals surface area contributed by atoms with Crippen molar-refractivity contribution in [3.05, 3.63) is 25.3 Å². The highest BCUT2D eigenvalue weighted by molar-refractivity contribution is 14.1. The zero-order valence-corrected chi connectivity index (χ0v) is 12.3. The van der Waals surface area contributed by atoms with E-state index in [1.807, 2.05) is 0 Å². The van der Waals surface area contributed by atoms with Gasteiger partial charge in [-0.25, -0.2) is 0 Å². The molecule has 0 aromatic rings. The third kappa shape index (κ3) is 6.36. The van der Waals surface area contributed by atoms with Gasteiger partial charge in [0, 0.05) is 4.43 Å². The molecule has 2 heteroatoms. The summed E-state index contributed by atoms with van der Waals surface area (Å²) >= 11 is 2.50. The largest absolute Gasteiger partial charge is 0.309 e. The summed E-state index contributed by atoms with van der Waals surface area (Å²) in [6, 6.07) is 0. The van der Waals surface area contributed by atoms with Gasteiger partial charge in [0.25, 0.3) is 0 Å². The lowest BCUT2D eigenvalue weighted by Gasteiger charge is -2.30. The fourth-order valence-corrected chi connectivity index (χ4v) is 2.85. The molecule has 0 saturated heterocycles. The van der Waals surface area contributed by atoms with Crippen LogP contribution in [-0.4, -0.2) is 30.0 Å². The lowest BCUT2D eigenvalue weighted by atomic mass is 9.79. The smallest absolute Gasteiger partial charge is 0.00579 e. The zero-order valence-electron chi connectivity index (χ0n) is 10.1. The van der Waals surface area contributed by atoms with Crippen LogP contribution >= 0.6 is 22.6 Å². The van der Waals surface area contributed by atoms with Crippen molar-refractivity contribution in [1.29, 1.82) is 0 Å². The van der Waals surface area contributed by atoms with Crippen LogP contribution in [0.2, 0.25) is 0 Å². The van der Waals surface area contributed by atoms with Crippen molar-refractivity contribution in [2.45, 2.75) is 25.7 Å². The molecule has 0 saturated carbocycles. The number of nitrogens with zero attached hydrogens (tertiary/aromatic N) is 1. The number of hydrogen-bond acceptors (Lipinski definition) is 1. The summed E-state index contributed by atoms with van der Waals surface area (Å²) in [5.41, 5.74) is 0.403. The Bertz CT molecular complexity index is 177. The summed E-state index contributed by atoms with van der Waals surface area (Å²) in [5, 5.41) is 0. The third-order valence-electron chi connectivity index (χ3n) is 2.75. The molecule has 0 N–H and O–H groups in total. The quantitative estimate of drug-likeness (QED) is 0.354. The molecule has 0 atom stereocenters. The van der Waals surface area contributed by atoms with Gasteiger partial charge in [0.2, 0.25) is 0 Å². The van der Waals surface area contributed by atoms with Crippen LogP contribution in [0.15, 0.2) is 25.3 Å². The van der Waals surface area contributed by atoms with Crippen molar-refractivity contribution in [2.75, 3.05) is 25.1 Å². The molecule has 0 amide bonds. The van der Waals surface area contributed by atoms with Gasteiger partial charge in [-0.05, 0) is 51.7 Å². The molecule has 0 heterocycles. The Hall–Kier alpha value is 0.170. The molecule has 0 aliphatic heterocycles. The van der Waals surface area contributed by atoms with Crippen LogP contribution in [0.25, 0.3) is 0 Å². The van der Waals surface area contributed by atoms with Crippen molar-refractivity contribution in [1.82, 2.24) is 4.90 Å². The lowest BCUT2D eigenvalue weighted by Crippen LogP contribution is -2.23. The van der Waals surface area contributed by atoms with E-state index in [-0.39, 0.29) is 0 Å². The van der Waals surface area contributed by atoms with Crippen LogP contribution < -0.4 is 0 Å². The Balaban J connectivity index is 4.19. The van der Waals surface area contributed by atoms with Crippen LogP contribution in [0.5, 0.6) is 0 Å². The minimum Gasteiger partial charge on any atom is -0.309 e. The van der Waals surface area contributed by atoms with E-state index in [9.17, 15) is 0 Å². The maximum atomic E-state index is 3.87. The minimum atomic E-state index is 0.403. The number of halogens is 1. The van der Waals surface area contributed by atoms with Gasteiger partial charge in [0.05, 0.1) is 0 Å². The summed E-state index contributed by atoms with van der Waals surface area (Å²) in [5.74, 6) is 0. The molecule has 0 spiro atoms. The topological polar surface area (TPSA) is 3.24 Å². The van der Waals surface area contributed by atoms with E-state index in [4.69, 9.17) is 0 Å². The van der Waals surface area contributed by atoms with Gasteiger partial charge < -0.3 is 4.90 Å². The van der Waals surface area contributed by atoms with E-state index >= 15 is 0 Å². The number of allylic oxidation sites excluding steroid dienone is 2. The lowest BCUT2D eigenvalue weighted by molar-refractivity contribution is 0.284. The summed E-state index contributed by atoms with van der Waals surface area (Å²) in [4.78, 5) is 2.25. The molecule has 0 unspecified atom stereocenters. The first-order chi connectivity index (χ1) is 7.10. The van der Waals surface area contributed by atoms with Crippen LogP contribution in [0.3, 0.4) is 0 Å². The Morgan fingerprint density at radius 2 is 1.73 bits per heavy atom. The fourth-order valence-electron chi connectivity index (χ4n) is 1.85. The van der Waals surface area contributed by atoms with E-state index in [2.05, 4.69) is 66.9 Å². The van der Waals surface area contributed by atoms with Gasteiger partial charge in [0.1, 0.15) is 0 Å². The fraction of sp³-hybridized carbons (Fsp3) is 0.692. The highest BCUT2D eigenvalue weighted by atomic mass is 127. The Kier molecular flexibility index (Phi) is 8.43. The number of alkyl halides is 1. The molecule has 0 aliphatic carbocycles. The van der Waals surface area contributed by atoms with Gasteiger partial charge in [-0.15, -0.1) is 13.2 Å². The van der Waals surface area contributed by atoms with Crippen molar-refractivity contribution in [2.24, 2.45) is 5.41 Å². The number of hydrogen-bond donors (Lipinski definition) is 0. The van der Waals surface area contributed by atoms with Crippen molar-refractivity contribution in [3.8, 4) is 0 Å². The second-order valence-corrected chi connectivity index (χ2v) is 5.29. The van der Waals surface area contributed by atoms with Crippen LogP contribution in [-0.2, 0) is 0 Å². The predicted octanol–water partition coefficient (Wildman–Crippen LogP) is 3.90. The second kappa shape index (κ2) is 8.34. The molecule has 15 heavy (non-hydrogen) atoms. The van der Waals surface area contributed by atoms with Crippen molar-refractivity contribution >= 4 is 22.6 Å². The van der Waals surface area contributed by atoms with E-state index in [1.54, 1.807) is 0 Å². The predicted molar refractivity (Wildman–Crippen MR) is 78.7 cm³/mol. The van der Waals surface area contributed by atoms with E-state index in [1.165, 1.54) is 23.8 Å². The first-order valence-electron chi connectivity index (χ1n) is 5.53. The summed E-state index contributed by atoms with van der Waals surface area (Å²) in [6.45, 7) is 8.92. The average Bonchev–Trinajstić information content (AvgIpc) is 2.17. The molecule has 88 valence electrons. The maximum Gasteiger partial charge on any atom is 0.00579 e. The molecular weight excluding hydrogens is 297 g/mol. The first-order valence-corrected chi connectivity index (χ1v) is 7.05. The summed E-state index contributed by atoms with van der Waals surface area (Å²) in [7, 11) is 4.26. The third-order valence-corrected chi connectivity index (χ3v) is 4.37. The highest BCUT2D eigenvalue weighted by Crippen LogP contribution is 2.35. The Morgan fingerprint density at radius 1 is 1.20 bits per heavy atom. The van der Waals surface area contributed by atoms with Gasteiger partial charge in [-0.2, -0.15) is 0 Å². The van der Waals surface area contributed by atoms with Crippen LogP contribution in [0.1, 0.15) is 25.7 Å². The molecule has 0 aromatic carbocycles. The van der Waals surface area contributed by atoms with Gasteiger partial charge >= 0.3 is 0 Å². The van der Waals surface area contributed by atoms with Gasteiger partial charge in [-0.3, -0.25) is 0 Å². The zero-order chi connectivity index (χ0) is 11.7. The van der Waals surface area contributed by atoms with E-state index in [0.717, 1.165) is 12.8 Å². The standard InChI is InChI=1S/C13H24IN/c1-5-8-13(12-14,9-6-2)10-7-11-15(3)4/h5-6H,1-2,7-12H2,3-4H3. The Morgan fingerprint density at radius 3 is 2.07 bits per heavy atom. The van der Waals surface area contributed by atoms with Crippen LogP contribution in [0, 0.1) is 5.41 Å².